The maximum absolute atomic E-state index is 13.0. The Kier molecular flexibility index (Phi) is 4.48. The van der Waals surface area contributed by atoms with E-state index in [0.29, 0.717) is 30.2 Å². The molecule has 2 aliphatic heterocycles. The van der Waals surface area contributed by atoms with Crippen LogP contribution in [0.2, 0.25) is 0 Å². The second-order valence-corrected chi connectivity index (χ2v) is 7.10. The van der Waals surface area contributed by atoms with Crippen LogP contribution in [0.3, 0.4) is 0 Å². The van der Waals surface area contributed by atoms with Crippen LogP contribution < -0.4 is 14.8 Å². The third-order valence-electron chi connectivity index (χ3n) is 5.12. The van der Waals surface area contributed by atoms with E-state index >= 15 is 0 Å². The molecule has 1 N–H and O–H groups in total. The third-order valence-corrected chi connectivity index (χ3v) is 5.12. The van der Waals surface area contributed by atoms with Crippen LogP contribution in [0.4, 0.5) is 0 Å². The van der Waals surface area contributed by atoms with E-state index in [-0.39, 0.29) is 30.6 Å². The quantitative estimate of drug-likeness (QED) is 0.906. The summed E-state index contributed by atoms with van der Waals surface area (Å²) >= 11 is 0. The number of carbonyl (C=O) groups is 2. The normalized spacial score (nSPS) is 20.6. The van der Waals surface area contributed by atoms with Crippen molar-refractivity contribution in [1.82, 2.24) is 10.2 Å². The van der Waals surface area contributed by atoms with E-state index in [1.807, 2.05) is 6.92 Å². The maximum atomic E-state index is 13.0. The SMILES string of the molecule is CC(=O)N[C@@H]1CN(C(=O)c2ccc3c(c2)OCO3)C[C@H]1c1ccc(C)cc1. The van der Waals surface area contributed by atoms with Crippen LogP contribution in [0.5, 0.6) is 11.5 Å². The van der Waals surface area contributed by atoms with Gasteiger partial charge < -0.3 is 19.7 Å². The van der Waals surface area contributed by atoms with Gasteiger partial charge in [0.15, 0.2) is 11.5 Å². The Morgan fingerprint density at radius 1 is 1.04 bits per heavy atom. The minimum Gasteiger partial charge on any atom is -0.454 e. The molecule has 0 aliphatic carbocycles. The first-order valence-electron chi connectivity index (χ1n) is 9.04. The molecule has 0 bridgehead atoms. The number of aryl methyl sites for hydroxylation is 1. The van der Waals surface area contributed by atoms with Crippen molar-refractivity contribution in [2.24, 2.45) is 0 Å². The predicted octanol–water partition coefficient (Wildman–Crippen LogP) is 2.47. The zero-order valence-corrected chi connectivity index (χ0v) is 15.4. The fourth-order valence-corrected chi connectivity index (χ4v) is 3.74. The van der Waals surface area contributed by atoms with Crippen molar-refractivity contribution >= 4 is 11.8 Å². The Labute approximate surface area is 158 Å². The number of benzene rings is 2. The van der Waals surface area contributed by atoms with Crippen molar-refractivity contribution in [3.05, 3.63) is 59.2 Å². The molecule has 2 heterocycles. The molecule has 6 nitrogen and oxygen atoms in total. The topological polar surface area (TPSA) is 67.9 Å². The summed E-state index contributed by atoms with van der Waals surface area (Å²) in [7, 11) is 0. The lowest BCUT2D eigenvalue weighted by Crippen LogP contribution is -2.39. The van der Waals surface area contributed by atoms with Gasteiger partial charge in [0.05, 0.1) is 6.04 Å². The Bertz CT molecular complexity index is 878. The molecule has 0 spiro atoms. The minimum atomic E-state index is -0.108. The van der Waals surface area contributed by atoms with Gasteiger partial charge in [0.1, 0.15) is 0 Å². The predicted molar refractivity (Wildman–Crippen MR) is 100.0 cm³/mol. The van der Waals surface area contributed by atoms with Gasteiger partial charge in [0.2, 0.25) is 12.7 Å². The second kappa shape index (κ2) is 6.95. The number of hydrogen-bond donors (Lipinski definition) is 1. The number of hydrogen-bond acceptors (Lipinski definition) is 4. The Morgan fingerprint density at radius 3 is 2.52 bits per heavy atom. The van der Waals surface area contributed by atoms with Crippen molar-refractivity contribution in [1.29, 1.82) is 0 Å². The Hall–Kier alpha value is -3.02. The summed E-state index contributed by atoms with van der Waals surface area (Å²) in [4.78, 5) is 26.5. The van der Waals surface area contributed by atoms with Crippen LogP contribution in [-0.2, 0) is 4.79 Å². The Morgan fingerprint density at radius 2 is 1.78 bits per heavy atom. The molecule has 6 heteroatoms. The smallest absolute Gasteiger partial charge is 0.254 e. The summed E-state index contributed by atoms with van der Waals surface area (Å²) in [5.41, 5.74) is 2.87. The fraction of sp³-hybridized carbons (Fsp3) is 0.333. The highest BCUT2D eigenvalue weighted by Crippen LogP contribution is 2.34. The van der Waals surface area contributed by atoms with Crippen LogP contribution in [0.15, 0.2) is 42.5 Å². The summed E-state index contributed by atoms with van der Waals surface area (Å²) in [6.45, 7) is 4.76. The molecule has 0 unspecified atom stereocenters. The minimum absolute atomic E-state index is 0.0625. The van der Waals surface area contributed by atoms with Gasteiger partial charge in [-0.05, 0) is 30.7 Å². The molecule has 2 aromatic rings. The number of fused-ring (bicyclic) bond motifs is 1. The van der Waals surface area contributed by atoms with Crippen molar-refractivity contribution in [3.63, 3.8) is 0 Å². The molecule has 0 saturated carbocycles. The molecule has 0 radical (unpaired) electrons. The van der Waals surface area contributed by atoms with E-state index in [0.717, 1.165) is 5.56 Å². The van der Waals surface area contributed by atoms with E-state index in [1.165, 1.54) is 12.5 Å². The van der Waals surface area contributed by atoms with Crippen LogP contribution in [0, 0.1) is 6.92 Å². The lowest BCUT2D eigenvalue weighted by Gasteiger charge is -2.19. The van der Waals surface area contributed by atoms with Gasteiger partial charge in [-0.3, -0.25) is 9.59 Å². The van der Waals surface area contributed by atoms with Crippen LogP contribution in [0.25, 0.3) is 0 Å². The highest BCUT2D eigenvalue weighted by Gasteiger charge is 2.37. The average Bonchev–Trinajstić information content (AvgIpc) is 3.27. The first kappa shape index (κ1) is 17.4. The molecule has 27 heavy (non-hydrogen) atoms. The highest BCUT2D eigenvalue weighted by atomic mass is 16.7. The lowest BCUT2D eigenvalue weighted by molar-refractivity contribution is -0.119. The summed E-state index contributed by atoms with van der Waals surface area (Å²) < 4.78 is 10.7. The number of amides is 2. The van der Waals surface area contributed by atoms with Crippen LogP contribution in [0.1, 0.15) is 34.3 Å². The molecule has 0 aromatic heterocycles. The number of rotatable bonds is 3. The summed E-state index contributed by atoms with van der Waals surface area (Å²) in [6.07, 6.45) is 0. The number of carbonyl (C=O) groups excluding carboxylic acids is 2. The molecule has 2 aliphatic rings. The van der Waals surface area contributed by atoms with Crippen molar-refractivity contribution in [3.8, 4) is 11.5 Å². The molecule has 4 rings (SSSR count). The van der Waals surface area contributed by atoms with Gasteiger partial charge >= 0.3 is 0 Å². The number of ether oxygens (including phenoxy) is 2. The zero-order valence-electron chi connectivity index (χ0n) is 15.4. The number of likely N-dealkylation sites (tertiary alicyclic amines) is 1. The second-order valence-electron chi connectivity index (χ2n) is 7.10. The largest absolute Gasteiger partial charge is 0.454 e. The summed E-state index contributed by atoms with van der Waals surface area (Å²) in [5.74, 6) is 1.15. The summed E-state index contributed by atoms with van der Waals surface area (Å²) in [6, 6.07) is 13.4. The van der Waals surface area contributed by atoms with E-state index in [1.54, 1.807) is 23.1 Å². The van der Waals surface area contributed by atoms with Gasteiger partial charge in [-0.15, -0.1) is 0 Å². The van der Waals surface area contributed by atoms with Crippen LogP contribution in [-0.4, -0.2) is 42.6 Å². The van der Waals surface area contributed by atoms with Gasteiger partial charge in [-0.1, -0.05) is 29.8 Å². The molecule has 140 valence electrons. The summed E-state index contributed by atoms with van der Waals surface area (Å²) in [5, 5.41) is 3.01. The zero-order chi connectivity index (χ0) is 19.0. The maximum Gasteiger partial charge on any atom is 0.254 e. The highest BCUT2D eigenvalue weighted by molar-refractivity contribution is 5.95. The van der Waals surface area contributed by atoms with Crippen molar-refractivity contribution in [2.45, 2.75) is 25.8 Å². The number of nitrogens with one attached hydrogen (secondary N) is 1. The van der Waals surface area contributed by atoms with Gasteiger partial charge in [0, 0.05) is 31.5 Å². The van der Waals surface area contributed by atoms with Crippen molar-refractivity contribution < 1.29 is 19.1 Å². The average molecular weight is 366 g/mol. The lowest BCUT2D eigenvalue weighted by atomic mass is 9.93. The first-order chi connectivity index (χ1) is 13.0. The molecular weight excluding hydrogens is 344 g/mol. The van der Waals surface area contributed by atoms with E-state index < -0.39 is 0 Å². The fourth-order valence-electron chi connectivity index (χ4n) is 3.74. The molecule has 2 amide bonds. The van der Waals surface area contributed by atoms with Crippen LogP contribution >= 0.6 is 0 Å². The number of nitrogens with zero attached hydrogens (tertiary/aromatic N) is 1. The molecule has 1 fully saturated rings. The van der Waals surface area contributed by atoms with E-state index in [9.17, 15) is 9.59 Å². The monoisotopic (exact) mass is 366 g/mol. The van der Waals surface area contributed by atoms with E-state index in [4.69, 9.17) is 9.47 Å². The standard InChI is InChI=1S/C21H22N2O4/c1-13-3-5-15(6-4-13)17-10-23(11-18(17)22-14(2)24)21(25)16-7-8-19-20(9-16)27-12-26-19/h3-9,17-18H,10-12H2,1-2H3,(H,22,24)/t17-,18+/m0/s1. The van der Waals surface area contributed by atoms with Crippen molar-refractivity contribution in [2.75, 3.05) is 19.9 Å². The third kappa shape index (κ3) is 3.47. The van der Waals surface area contributed by atoms with Gasteiger partial charge in [0.25, 0.3) is 5.91 Å². The first-order valence-corrected chi connectivity index (χ1v) is 9.04. The molecular formula is C21H22N2O4. The molecule has 2 aromatic carbocycles. The van der Waals surface area contributed by atoms with E-state index in [2.05, 4.69) is 29.6 Å². The molecule has 2 atom stereocenters. The Balaban J connectivity index is 1.57. The van der Waals surface area contributed by atoms with Gasteiger partial charge in [-0.25, -0.2) is 0 Å². The molecule has 1 saturated heterocycles. The van der Waals surface area contributed by atoms with Gasteiger partial charge in [-0.2, -0.15) is 0 Å².